The SMILES string of the molecule is C=CCCC1CCC(c2ccc3c(F)c(/C=C/C)c(OC(F)F)cc3c2)CC1. The van der Waals surface area contributed by atoms with Gasteiger partial charge in [0.15, 0.2) is 0 Å². The predicted molar refractivity (Wildman–Crippen MR) is 109 cm³/mol. The van der Waals surface area contributed by atoms with Crippen molar-refractivity contribution < 1.29 is 17.9 Å². The van der Waals surface area contributed by atoms with Gasteiger partial charge in [-0.2, -0.15) is 8.78 Å². The van der Waals surface area contributed by atoms with E-state index in [1.54, 1.807) is 19.1 Å². The molecule has 4 heteroatoms. The summed E-state index contributed by atoms with van der Waals surface area (Å²) in [7, 11) is 0. The molecule has 1 aliphatic carbocycles. The minimum absolute atomic E-state index is 0.0609. The highest BCUT2D eigenvalue weighted by atomic mass is 19.3. The Morgan fingerprint density at radius 1 is 1.18 bits per heavy atom. The Labute approximate surface area is 164 Å². The van der Waals surface area contributed by atoms with E-state index in [1.165, 1.54) is 31.4 Å². The molecule has 0 unspecified atom stereocenters. The van der Waals surface area contributed by atoms with Crippen molar-refractivity contribution in [1.29, 1.82) is 0 Å². The lowest BCUT2D eigenvalue weighted by Gasteiger charge is -2.29. The smallest absolute Gasteiger partial charge is 0.387 e. The summed E-state index contributed by atoms with van der Waals surface area (Å²) in [6.07, 6.45) is 11.9. The molecule has 0 aromatic heterocycles. The average Bonchev–Trinajstić information content (AvgIpc) is 2.69. The van der Waals surface area contributed by atoms with Crippen molar-refractivity contribution in [2.75, 3.05) is 0 Å². The van der Waals surface area contributed by atoms with Crippen LogP contribution in [0, 0.1) is 11.7 Å². The molecule has 0 spiro atoms. The molecule has 1 saturated carbocycles. The first-order valence-electron chi connectivity index (χ1n) is 9.98. The van der Waals surface area contributed by atoms with Crippen LogP contribution in [0.1, 0.15) is 62.5 Å². The molecular formula is C24H27F3O. The largest absolute Gasteiger partial charge is 0.434 e. The Morgan fingerprint density at radius 2 is 1.93 bits per heavy atom. The predicted octanol–water partition coefficient (Wildman–Crippen LogP) is 7.85. The standard InChI is InChI=1S/C24H27F3O/c1-3-5-7-16-8-10-17(11-9-16)18-12-13-20-19(14-18)15-22(28-24(26)27)21(6-4-2)23(20)25/h3-4,6,12-17,24H,1,5,7-11H2,2H3/b6-4+. The molecule has 0 bridgehead atoms. The maximum atomic E-state index is 14.9. The molecule has 0 aliphatic heterocycles. The van der Waals surface area contributed by atoms with Crippen molar-refractivity contribution in [2.45, 2.75) is 58.0 Å². The third kappa shape index (κ3) is 4.60. The van der Waals surface area contributed by atoms with Gasteiger partial charge in [0.2, 0.25) is 0 Å². The highest BCUT2D eigenvalue weighted by Gasteiger charge is 2.23. The Balaban J connectivity index is 1.88. The third-order valence-corrected chi connectivity index (χ3v) is 5.75. The van der Waals surface area contributed by atoms with Crippen molar-refractivity contribution >= 4 is 16.8 Å². The van der Waals surface area contributed by atoms with Crippen molar-refractivity contribution in [3.63, 3.8) is 0 Å². The Hall–Kier alpha value is -2.23. The van der Waals surface area contributed by atoms with E-state index in [9.17, 15) is 13.2 Å². The molecule has 28 heavy (non-hydrogen) atoms. The fraction of sp³-hybridized carbons (Fsp3) is 0.417. The number of hydrogen-bond donors (Lipinski definition) is 0. The molecule has 0 heterocycles. The Bertz CT molecular complexity index is 849. The van der Waals surface area contributed by atoms with E-state index >= 15 is 0 Å². The highest BCUT2D eigenvalue weighted by Crippen LogP contribution is 2.40. The number of hydrogen-bond acceptors (Lipinski definition) is 1. The number of rotatable bonds is 7. The summed E-state index contributed by atoms with van der Waals surface area (Å²) in [6, 6.07) is 7.21. The molecule has 1 fully saturated rings. The van der Waals surface area contributed by atoms with E-state index < -0.39 is 12.4 Å². The lowest BCUT2D eigenvalue weighted by Crippen LogP contribution is -2.13. The van der Waals surface area contributed by atoms with Crippen LogP contribution >= 0.6 is 0 Å². The van der Waals surface area contributed by atoms with Crippen LogP contribution in [0.25, 0.3) is 16.8 Å². The van der Waals surface area contributed by atoms with Crippen LogP contribution in [0.4, 0.5) is 13.2 Å². The van der Waals surface area contributed by atoms with Crippen LogP contribution in [0.3, 0.4) is 0 Å². The zero-order valence-electron chi connectivity index (χ0n) is 16.3. The molecule has 0 amide bonds. The van der Waals surface area contributed by atoms with Crippen molar-refractivity contribution in [3.8, 4) is 5.75 Å². The molecule has 2 aromatic rings. The van der Waals surface area contributed by atoms with E-state index in [0.717, 1.165) is 30.7 Å². The van der Waals surface area contributed by atoms with Crippen LogP contribution in [-0.2, 0) is 0 Å². The van der Waals surface area contributed by atoms with Crippen LogP contribution in [0.5, 0.6) is 5.75 Å². The third-order valence-electron chi connectivity index (χ3n) is 5.75. The molecule has 1 aliphatic rings. The van der Waals surface area contributed by atoms with Crippen LogP contribution in [0.2, 0.25) is 0 Å². The summed E-state index contributed by atoms with van der Waals surface area (Å²) in [5, 5.41) is 1.03. The second-order valence-corrected chi connectivity index (χ2v) is 7.55. The zero-order chi connectivity index (χ0) is 20.1. The second kappa shape index (κ2) is 9.31. The second-order valence-electron chi connectivity index (χ2n) is 7.55. The Kier molecular flexibility index (Phi) is 6.82. The van der Waals surface area contributed by atoms with Crippen molar-refractivity contribution in [2.24, 2.45) is 5.92 Å². The van der Waals surface area contributed by atoms with Gasteiger partial charge in [0, 0.05) is 5.39 Å². The number of fused-ring (bicyclic) bond motifs is 1. The quantitative estimate of drug-likeness (QED) is 0.439. The van der Waals surface area contributed by atoms with Gasteiger partial charge in [-0.25, -0.2) is 4.39 Å². The molecule has 3 rings (SSSR count). The van der Waals surface area contributed by atoms with Gasteiger partial charge in [0.1, 0.15) is 11.6 Å². The van der Waals surface area contributed by atoms with Gasteiger partial charge in [0.25, 0.3) is 0 Å². The van der Waals surface area contributed by atoms with Crippen LogP contribution in [-0.4, -0.2) is 6.61 Å². The first kappa shape index (κ1) is 20.5. The summed E-state index contributed by atoms with van der Waals surface area (Å²) < 4.78 is 45.1. The first-order valence-corrected chi connectivity index (χ1v) is 9.98. The fourth-order valence-electron chi connectivity index (χ4n) is 4.28. The monoisotopic (exact) mass is 388 g/mol. The number of halogens is 3. The summed E-state index contributed by atoms with van der Waals surface area (Å²) in [4.78, 5) is 0. The number of alkyl halides is 2. The van der Waals surface area contributed by atoms with Crippen molar-refractivity contribution in [3.05, 3.63) is 59.9 Å². The van der Waals surface area contributed by atoms with Gasteiger partial charge in [-0.15, -0.1) is 6.58 Å². The van der Waals surface area contributed by atoms with E-state index in [1.807, 2.05) is 18.2 Å². The van der Waals surface area contributed by atoms with Gasteiger partial charge in [-0.3, -0.25) is 0 Å². The molecule has 2 aromatic carbocycles. The normalized spacial score (nSPS) is 20.2. The van der Waals surface area contributed by atoms with E-state index in [0.29, 0.717) is 16.7 Å². The van der Waals surface area contributed by atoms with E-state index in [2.05, 4.69) is 11.3 Å². The number of ether oxygens (including phenoxy) is 1. The lowest BCUT2D eigenvalue weighted by atomic mass is 9.77. The molecule has 150 valence electrons. The molecule has 0 radical (unpaired) electrons. The summed E-state index contributed by atoms with van der Waals surface area (Å²) in [5.74, 6) is 0.540. The zero-order valence-corrected chi connectivity index (χ0v) is 16.3. The number of benzene rings is 2. The topological polar surface area (TPSA) is 9.23 Å². The van der Waals surface area contributed by atoms with E-state index in [-0.39, 0.29) is 11.3 Å². The maximum absolute atomic E-state index is 14.9. The summed E-state index contributed by atoms with van der Waals surface area (Å²) >= 11 is 0. The fourth-order valence-corrected chi connectivity index (χ4v) is 4.28. The van der Waals surface area contributed by atoms with Gasteiger partial charge in [-0.05, 0) is 74.3 Å². The summed E-state index contributed by atoms with van der Waals surface area (Å²) in [6.45, 7) is 2.52. The van der Waals surface area contributed by atoms with Gasteiger partial charge < -0.3 is 4.74 Å². The maximum Gasteiger partial charge on any atom is 0.387 e. The van der Waals surface area contributed by atoms with E-state index in [4.69, 9.17) is 0 Å². The van der Waals surface area contributed by atoms with Gasteiger partial charge >= 0.3 is 6.61 Å². The van der Waals surface area contributed by atoms with Crippen molar-refractivity contribution in [1.82, 2.24) is 0 Å². The minimum atomic E-state index is -2.99. The molecular weight excluding hydrogens is 361 g/mol. The average molecular weight is 388 g/mol. The number of allylic oxidation sites excluding steroid dienone is 2. The molecule has 1 nitrogen and oxygen atoms in total. The molecule has 0 N–H and O–H groups in total. The summed E-state index contributed by atoms with van der Waals surface area (Å²) in [5.41, 5.74) is 1.21. The molecule has 0 saturated heterocycles. The van der Waals surface area contributed by atoms with Crippen LogP contribution < -0.4 is 4.74 Å². The van der Waals surface area contributed by atoms with Crippen LogP contribution in [0.15, 0.2) is 43.0 Å². The minimum Gasteiger partial charge on any atom is -0.434 e. The van der Waals surface area contributed by atoms with Gasteiger partial charge in [0.05, 0.1) is 5.56 Å². The Morgan fingerprint density at radius 3 is 2.57 bits per heavy atom. The molecule has 0 atom stereocenters. The van der Waals surface area contributed by atoms with Gasteiger partial charge in [-0.1, -0.05) is 36.4 Å². The first-order chi connectivity index (χ1) is 13.5. The highest BCUT2D eigenvalue weighted by molar-refractivity contribution is 5.88. The lowest BCUT2D eigenvalue weighted by molar-refractivity contribution is -0.0500.